The molecular weight excluding hydrogens is 274 g/mol. The van der Waals surface area contributed by atoms with Crippen molar-refractivity contribution in [1.82, 2.24) is 15.3 Å². The van der Waals surface area contributed by atoms with E-state index in [2.05, 4.69) is 19.3 Å². The molecule has 2 rings (SSSR count). The number of ether oxygens (including phenoxy) is 1. The van der Waals surface area contributed by atoms with Crippen LogP contribution in [0.15, 0.2) is 0 Å². The summed E-state index contributed by atoms with van der Waals surface area (Å²) in [5, 5.41) is 10.9. The fourth-order valence-corrected chi connectivity index (χ4v) is 3.11. The molecule has 3 unspecified atom stereocenters. The third-order valence-corrected chi connectivity index (χ3v) is 4.32. The van der Waals surface area contributed by atoms with Crippen molar-refractivity contribution in [2.45, 2.75) is 57.7 Å². The van der Waals surface area contributed by atoms with Gasteiger partial charge in [-0.15, -0.1) is 0 Å². The summed E-state index contributed by atoms with van der Waals surface area (Å²) in [5.74, 6) is -0.914. The van der Waals surface area contributed by atoms with Gasteiger partial charge in [0.25, 0.3) is 0 Å². The SMILES string of the molecule is CC1CCCC(C)N1NC(=O)N1CCOCC1CC(=O)O. The molecule has 2 saturated heterocycles. The van der Waals surface area contributed by atoms with Crippen molar-refractivity contribution in [2.75, 3.05) is 19.8 Å². The van der Waals surface area contributed by atoms with Gasteiger partial charge in [-0.2, -0.15) is 0 Å². The first-order valence-electron chi connectivity index (χ1n) is 7.64. The van der Waals surface area contributed by atoms with Crippen molar-refractivity contribution in [1.29, 1.82) is 0 Å². The lowest BCUT2D eigenvalue weighted by Gasteiger charge is -2.42. The van der Waals surface area contributed by atoms with Gasteiger partial charge >= 0.3 is 12.0 Å². The third kappa shape index (κ3) is 4.07. The molecule has 2 fully saturated rings. The lowest BCUT2D eigenvalue weighted by Crippen LogP contribution is -2.60. The van der Waals surface area contributed by atoms with E-state index in [1.54, 1.807) is 4.90 Å². The minimum absolute atomic E-state index is 0.0848. The van der Waals surface area contributed by atoms with E-state index in [0.717, 1.165) is 12.8 Å². The number of hydrazine groups is 1. The maximum atomic E-state index is 12.5. The first kappa shape index (κ1) is 16.0. The number of morpholine rings is 1. The molecule has 21 heavy (non-hydrogen) atoms. The number of amides is 2. The van der Waals surface area contributed by atoms with Crippen molar-refractivity contribution in [3.8, 4) is 0 Å². The summed E-state index contributed by atoms with van der Waals surface area (Å²) >= 11 is 0. The number of carbonyl (C=O) groups is 2. The van der Waals surface area contributed by atoms with Crippen LogP contribution in [0.25, 0.3) is 0 Å². The number of piperidine rings is 1. The van der Waals surface area contributed by atoms with Gasteiger partial charge in [-0.3, -0.25) is 10.2 Å². The Morgan fingerprint density at radius 2 is 1.95 bits per heavy atom. The number of carboxylic acid groups (broad SMARTS) is 1. The predicted octanol–water partition coefficient (Wildman–Crippen LogP) is 1.05. The average Bonchev–Trinajstić information content (AvgIpc) is 2.43. The van der Waals surface area contributed by atoms with E-state index in [1.807, 2.05) is 5.01 Å². The molecule has 3 atom stereocenters. The van der Waals surface area contributed by atoms with Crippen LogP contribution in [0, 0.1) is 0 Å². The molecule has 0 spiro atoms. The molecule has 2 amide bonds. The van der Waals surface area contributed by atoms with E-state index in [9.17, 15) is 9.59 Å². The Balaban J connectivity index is 1.98. The largest absolute Gasteiger partial charge is 0.481 e. The maximum Gasteiger partial charge on any atom is 0.332 e. The van der Waals surface area contributed by atoms with Gasteiger partial charge in [0.05, 0.1) is 25.7 Å². The van der Waals surface area contributed by atoms with Crippen LogP contribution in [0.3, 0.4) is 0 Å². The van der Waals surface area contributed by atoms with Crippen molar-refractivity contribution in [3.05, 3.63) is 0 Å². The molecule has 0 aliphatic carbocycles. The molecule has 0 saturated carbocycles. The van der Waals surface area contributed by atoms with Crippen LogP contribution in [0.2, 0.25) is 0 Å². The molecule has 2 aliphatic heterocycles. The zero-order valence-electron chi connectivity index (χ0n) is 12.7. The van der Waals surface area contributed by atoms with E-state index in [4.69, 9.17) is 9.84 Å². The number of hydrogen-bond acceptors (Lipinski definition) is 4. The minimum Gasteiger partial charge on any atom is -0.481 e. The van der Waals surface area contributed by atoms with E-state index in [-0.39, 0.29) is 19.1 Å². The van der Waals surface area contributed by atoms with Crippen LogP contribution in [0.1, 0.15) is 39.5 Å². The smallest absolute Gasteiger partial charge is 0.332 e. The molecule has 0 bridgehead atoms. The van der Waals surface area contributed by atoms with Crippen molar-refractivity contribution in [3.63, 3.8) is 0 Å². The summed E-state index contributed by atoms with van der Waals surface area (Å²) < 4.78 is 5.30. The minimum atomic E-state index is -0.914. The van der Waals surface area contributed by atoms with Gasteiger partial charge in [0.1, 0.15) is 0 Å². The first-order chi connectivity index (χ1) is 9.99. The van der Waals surface area contributed by atoms with Gasteiger partial charge in [0, 0.05) is 18.6 Å². The highest BCUT2D eigenvalue weighted by Gasteiger charge is 2.32. The van der Waals surface area contributed by atoms with Gasteiger partial charge in [0.15, 0.2) is 0 Å². The van der Waals surface area contributed by atoms with Crippen LogP contribution in [0.5, 0.6) is 0 Å². The summed E-state index contributed by atoms with van der Waals surface area (Å²) in [4.78, 5) is 25.0. The summed E-state index contributed by atoms with van der Waals surface area (Å²) in [5.41, 5.74) is 2.96. The summed E-state index contributed by atoms with van der Waals surface area (Å²) in [6.45, 7) is 5.37. The predicted molar refractivity (Wildman–Crippen MR) is 76.7 cm³/mol. The molecule has 7 heteroatoms. The quantitative estimate of drug-likeness (QED) is 0.814. The third-order valence-electron chi connectivity index (χ3n) is 4.32. The number of nitrogens with zero attached hydrogens (tertiary/aromatic N) is 2. The Hall–Kier alpha value is -1.34. The normalized spacial score (nSPS) is 31.0. The van der Waals surface area contributed by atoms with Crippen LogP contribution < -0.4 is 5.43 Å². The second kappa shape index (κ2) is 7.09. The molecule has 120 valence electrons. The molecule has 0 aromatic carbocycles. The highest BCUT2D eigenvalue weighted by atomic mass is 16.5. The van der Waals surface area contributed by atoms with Crippen LogP contribution in [0.4, 0.5) is 4.79 Å². The summed E-state index contributed by atoms with van der Waals surface area (Å²) in [6.07, 6.45) is 3.21. The van der Waals surface area contributed by atoms with E-state index in [0.29, 0.717) is 25.2 Å². The standard InChI is InChI=1S/C14H25N3O4/c1-10-4-3-5-11(2)17(10)15-14(20)16-6-7-21-9-12(16)8-13(18)19/h10-12H,3-9H2,1-2H3,(H,15,20)(H,18,19). The molecule has 2 N–H and O–H groups in total. The van der Waals surface area contributed by atoms with Crippen molar-refractivity contribution < 1.29 is 19.4 Å². The first-order valence-corrected chi connectivity index (χ1v) is 7.64. The lowest BCUT2D eigenvalue weighted by atomic mass is 10.00. The van der Waals surface area contributed by atoms with Crippen molar-refractivity contribution >= 4 is 12.0 Å². The topological polar surface area (TPSA) is 82.1 Å². The lowest BCUT2D eigenvalue weighted by molar-refractivity contribution is -0.139. The van der Waals surface area contributed by atoms with E-state index in [1.165, 1.54) is 6.42 Å². The molecule has 0 radical (unpaired) electrons. The Labute approximate surface area is 125 Å². The monoisotopic (exact) mass is 299 g/mol. The molecule has 2 aliphatic rings. The van der Waals surface area contributed by atoms with Crippen LogP contribution >= 0.6 is 0 Å². The Bertz CT molecular complexity index is 380. The number of rotatable bonds is 3. The van der Waals surface area contributed by atoms with Gasteiger partial charge in [-0.25, -0.2) is 9.80 Å². The second-order valence-electron chi connectivity index (χ2n) is 5.97. The number of hydrogen-bond donors (Lipinski definition) is 2. The summed E-state index contributed by atoms with van der Waals surface area (Å²) in [7, 11) is 0. The fraction of sp³-hybridized carbons (Fsp3) is 0.857. The van der Waals surface area contributed by atoms with E-state index < -0.39 is 12.0 Å². The van der Waals surface area contributed by atoms with Crippen LogP contribution in [-0.4, -0.2) is 64.9 Å². The number of aliphatic carboxylic acids is 1. The number of nitrogens with one attached hydrogen (secondary N) is 1. The summed E-state index contributed by atoms with van der Waals surface area (Å²) in [6, 6.07) is -0.00914. The number of carboxylic acids is 1. The Morgan fingerprint density at radius 1 is 1.29 bits per heavy atom. The molecule has 0 aromatic rings. The van der Waals surface area contributed by atoms with Gasteiger partial charge < -0.3 is 14.7 Å². The molecule has 7 nitrogen and oxygen atoms in total. The molecule has 2 heterocycles. The Morgan fingerprint density at radius 3 is 2.57 bits per heavy atom. The van der Waals surface area contributed by atoms with E-state index >= 15 is 0 Å². The molecular formula is C14H25N3O4. The average molecular weight is 299 g/mol. The highest BCUT2D eigenvalue weighted by Crippen LogP contribution is 2.21. The maximum absolute atomic E-state index is 12.5. The molecule has 0 aromatic heterocycles. The Kier molecular flexibility index (Phi) is 5.41. The zero-order valence-corrected chi connectivity index (χ0v) is 12.7. The zero-order chi connectivity index (χ0) is 15.4. The fourth-order valence-electron chi connectivity index (χ4n) is 3.11. The second-order valence-corrected chi connectivity index (χ2v) is 5.97. The number of urea groups is 1. The van der Waals surface area contributed by atoms with Gasteiger partial charge in [-0.1, -0.05) is 6.42 Å². The van der Waals surface area contributed by atoms with Crippen LogP contribution in [-0.2, 0) is 9.53 Å². The number of carbonyl (C=O) groups excluding carboxylic acids is 1. The highest BCUT2D eigenvalue weighted by molar-refractivity contribution is 5.75. The van der Waals surface area contributed by atoms with Gasteiger partial charge in [-0.05, 0) is 26.7 Å². The van der Waals surface area contributed by atoms with Gasteiger partial charge in [0.2, 0.25) is 0 Å². The van der Waals surface area contributed by atoms with Crippen molar-refractivity contribution in [2.24, 2.45) is 0 Å².